The monoisotopic (exact) mass is 474 g/mol. The second-order valence-corrected chi connectivity index (χ2v) is 7.75. The van der Waals surface area contributed by atoms with E-state index in [1.165, 1.54) is 19.3 Å². The highest BCUT2D eigenvalue weighted by Gasteiger charge is 2.12. The van der Waals surface area contributed by atoms with Gasteiger partial charge in [0.15, 0.2) is 0 Å². The van der Waals surface area contributed by atoms with Gasteiger partial charge in [0.2, 0.25) is 0 Å². The van der Waals surface area contributed by atoms with E-state index in [0.717, 1.165) is 45.4 Å². The SMILES string of the molecule is CC(=O)O.CCCCC/C=C\C/C=C\CCC(CCCCC(=O)OCCO)OCC(O)CO. The molecule has 0 aliphatic rings. The summed E-state index contributed by atoms with van der Waals surface area (Å²) in [4.78, 5) is 20.4. The van der Waals surface area contributed by atoms with Crippen molar-refractivity contribution in [2.24, 2.45) is 0 Å². The van der Waals surface area contributed by atoms with Gasteiger partial charge < -0.3 is 29.9 Å². The molecule has 0 rings (SSSR count). The Hall–Kier alpha value is -1.74. The molecule has 0 fully saturated rings. The van der Waals surface area contributed by atoms with Gasteiger partial charge in [0.1, 0.15) is 12.7 Å². The Morgan fingerprint density at radius 1 is 0.939 bits per heavy atom. The van der Waals surface area contributed by atoms with Crippen LogP contribution in [-0.2, 0) is 19.1 Å². The molecular weight excluding hydrogens is 428 g/mol. The van der Waals surface area contributed by atoms with Crippen LogP contribution in [0.5, 0.6) is 0 Å². The normalized spacial score (nSPS) is 13.0. The Labute approximate surface area is 199 Å². The van der Waals surface area contributed by atoms with E-state index in [2.05, 4.69) is 31.2 Å². The van der Waals surface area contributed by atoms with Crippen molar-refractivity contribution >= 4 is 11.9 Å². The minimum Gasteiger partial charge on any atom is -0.481 e. The van der Waals surface area contributed by atoms with E-state index < -0.39 is 12.1 Å². The van der Waals surface area contributed by atoms with Gasteiger partial charge in [0.05, 0.1) is 25.9 Å². The highest BCUT2D eigenvalue weighted by atomic mass is 16.5. The van der Waals surface area contributed by atoms with E-state index >= 15 is 0 Å². The molecule has 0 saturated heterocycles. The zero-order chi connectivity index (χ0) is 25.2. The van der Waals surface area contributed by atoms with Gasteiger partial charge >= 0.3 is 5.97 Å². The molecule has 33 heavy (non-hydrogen) atoms. The first-order valence-electron chi connectivity index (χ1n) is 12.0. The lowest BCUT2D eigenvalue weighted by Crippen LogP contribution is -2.24. The molecular formula is C25H46O8. The van der Waals surface area contributed by atoms with Gasteiger partial charge in [-0.05, 0) is 44.9 Å². The van der Waals surface area contributed by atoms with Crippen LogP contribution in [0.15, 0.2) is 24.3 Å². The second kappa shape index (κ2) is 26.5. The Kier molecular flexibility index (Phi) is 26.9. The minimum atomic E-state index is -0.862. The summed E-state index contributed by atoms with van der Waals surface area (Å²) in [5.41, 5.74) is 0. The lowest BCUT2D eigenvalue weighted by atomic mass is 10.1. The van der Waals surface area contributed by atoms with E-state index in [4.69, 9.17) is 29.6 Å². The van der Waals surface area contributed by atoms with Gasteiger partial charge in [-0.3, -0.25) is 9.59 Å². The number of aliphatic carboxylic acids is 1. The topological polar surface area (TPSA) is 134 Å². The van der Waals surface area contributed by atoms with Crippen LogP contribution >= 0.6 is 0 Å². The van der Waals surface area contributed by atoms with E-state index in [1.807, 2.05) is 0 Å². The largest absolute Gasteiger partial charge is 0.481 e. The average molecular weight is 475 g/mol. The van der Waals surface area contributed by atoms with Crippen LogP contribution in [0, 0.1) is 0 Å². The number of allylic oxidation sites excluding steroid dienone is 4. The van der Waals surface area contributed by atoms with E-state index in [1.54, 1.807) is 0 Å². The van der Waals surface area contributed by atoms with Crippen LogP contribution in [0.1, 0.15) is 84.5 Å². The van der Waals surface area contributed by atoms with Gasteiger partial charge in [-0.2, -0.15) is 0 Å². The predicted octanol–water partition coefficient (Wildman–Crippen LogP) is 3.77. The van der Waals surface area contributed by atoms with Crippen molar-refractivity contribution in [3.63, 3.8) is 0 Å². The number of carbonyl (C=O) groups is 2. The number of aliphatic hydroxyl groups excluding tert-OH is 3. The minimum absolute atomic E-state index is 0.0149. The van der Waals surface area contributed by atoms with Crippen LogP contribution in [0.3, 0.4) is 0 Å². The number of carbonyl (C=O) groups excluding carboxylic acids is 1. The molecule has 2 unspecified atom stereocenters. The number of aliphatic hydroxyl groups is 3. The molecule has 0 amide bonds. The number of rotatable bonds is 20. The van der Waals surface area contributed by atoms with Crippen LogP contribution in [0.4, 0.5) is 0 Å². The quantitative estimate of drug-likeness (QED) is 0.119. The molecule has 0 aromatic carbocycles. The molecule has 2 atom stereocenters. The summed E-state index contributed by atoms with van der Waals surface area (Å²) < 4.78 is 10.6. The summed E-state index contributed by atoms with van der Waals surface area (Å²) in [6.07, 6.45) is 18.1. The van der Waals surface area contributed by atoms with Crippen molar-refractivity contribution in [2.45, 2.75) is 96.7 Å². The highest BCUT2D eigenvalue weighted by molar-refractivity contribution is 5.69. The molecule has 0 spiro atoms. The van der Waals surface area contributed by atoms with Gasteiger partial charge in [-0.25, -0.2) is 0 Å². The molecule has 8 nitrogen and oxygen atoms in total. The number of hydrogen-bond donors (Lipinski definition) is 4. The van der Waals surface area contributed by atoms with Crippen LogP contribution in [-0.4, -0.2) is 71.0 Å². The number of carboxylic acid groups (broad SMARTS) is 1. The third-order valence-corrected chi connectivity index (χ3v) is 4.48. The fourth-order valence-corrected chi connectivity index (χ4v) is 2.78. The van der Waals surface area contributed by atoms with Crippen molar-refractivity contribution in [2.75, 3.05) is 26.4 Å². The first-order valence-corrected chi connectivity index (χ1v) is 12.0. The Bertz CT molecular complexity index is 501. The Balaban J connectivity index is 0. The van der Waals surface area contributed by atoms with Gasteiger partial charge in [0, 0.05) is 13.3 Å². The van der Waals surface area contributed by atoms with E-state index in [9.17, 15) is 9.90 Å². The number of hydrogen-bond acceptors (Lipinski definition) is 7. The molecule has 0 aromatic heterocycles. The molecule has 8 heteroatoms. The Morgan fingerprint density at radius 2 is 1.61 bits per heavy atom. The summed E-state index contributed by atoms with van der Waals surface area (Å²) in [5.74, 6) is -1.13. The summed E-state index contributed by atoms with van der Waals surface area (Å²) >= 11 is 0. The van der Waals surface area contributed by atoms with Crippen molar-refractivity contribution in [1.29, 1.82) is 0 Å². The molecule has 0 aromatic rings. The lowest BCUT2D eigenvalue weighted by Gasteiger charge is -2.19. The summed E-state index contributed by atoms with van der Waals surface area (Å²) in [7, 11) is 0. The van der Waals surface area contributed by atoms with Crippen LogP contribution in [0.2, 0.25) is 0 Å². The third-order valence-electron chi connectivity index (χ3n) is 4.48. The third kappa shape index (κ3) is 30.3. The molecule has 0 bridgehead atoms. The summed E-state index contributed by atoms with van der Waals surface area (Å²) in [5, 5.41) is 34.5. The maximum atomic E-state index is 11.4. The molecule has 0 radical (unpaired) electrons. The molecule has 0 saturated carbocycles. The van der Waals surface area contributed by atoms with Crippen LogP contribution < -0.4 is 0 Å². The van der Waals surface area contributed by atoms with Crippen molar-refractivity contribution in [3.8, 4) is 0 Å². The zero-order valence-electron chi connectivity index (χ0n) is 20.5. The molecule has 0 aliphatic carbocycles. The van der Waals surface area contributed by atoms with Crippen molar-refractivity contribution < 1.29 is 39.5 Å². The predicted molar refractivity (Wildman–Crippen MR) is 129 cm³/mol. The van der Waals surface area contributed by atoms with Crippen LogP contribution in [0.25, 0.3) is 0 Å². The standard InChI is InChI=1S/C23H42O6.C2H4O2/c1-2-3-4-5-6-7-8-9-10-11-14-22(29-20-21(26)19-25)15-12-13-16-23(27)28-18-17-24;1-2(3)4/h6-7,9-10,21-22,24-26H,2-5,8,11-20H2,1H3;1H3,(H,3,4)/b7-6-,10-9-;. The average Bonchev–Trinajstić information content (AvgIpc) is 2.78. The first-order chi connectivity index (χ1) is 15.9. The molecule has 0 heterocycles. The molecule has 194 valence electrons. The number of ether oxygens (including phenoxy) is 2. The van der Waals surface area contributed by atoms with Gasteiger partial charge in [-0.15, -0.1) is 0 Å². The summed E-state index contributed by atoms with van der Waals surface area (Å²) in [6, 6.07) is 0. The lowest BCUT2D eigenvalue weighted by molar-refractivity contribution is -0.144. The second-order valence-electron chi connectivity index (χ2n) is 7.75. The fourth-order valence-electron chi connectivity index (χ4n) is 2.78. The maximum absolute atomic E-state index is 11.4. The first kappa shape index (κ1) is 33.4. The molecule has 4 N–H and O–H groups in total. The molecule has 0 aliphatic heterocycles. The smallest absolute Gasteiger partial charge is 0.305 e. The van der Waals surface area contributed by atoms with Crippen molar-refractivity contribution in [1.82, 2.24) is 0 Å². The number of carboxylic acids is 1. The van der Waals surface area contributed by atoms with Gasteiger partial charge in [0.25, 0.3) is 5.97 Å². The zero-order valence-corrected chi connectivity index (χ0v) is 20.5. The Morgan fingerprint density at radius 3 is 2.21 bits per heavy atom. The highest BCUT2D eigenvalue weighted by Crippen LogP contribution is 2.14. The fraction of sp³-hybridized carbons (Fsp3) is 0.760. The number of esters is 1. The number of unbranched alkanes of at least 4 members (excludes halogenated alkanes) is 4. The van der Waals surface area contributed by atoms with E-state index in [-0.39, 0.29) is 38.5 Å². The van der Waals surface area contributed by atoms with Gasteiger partial charge in [-0.1, -0.05) is 50.5 Å². The van der Waals surface area contributed by atoms with Crippen molar-refractivity contribution in [3.05, 3.63) is 24.3 Å². The summed E-state index contributed by atoms with van der Waals surface area (Å²) in [6.45, 7) is 2.99. The maximum Gasteiger partial charge on any atom is 0.305 e. The van der Waals surface area contributed by atoms with E-state index in [0.29, 0.717) is 12.8 Å².